The van der Waals surface area contributed by atoms with Gasteiger partial charge in [-0.05, 0) is 24.5 Å². The third kappa shape index (κ3) is 2.84. The molecule has 0 aromatic heterocycles. The van der Waals surface area contributed by atoms with Crippen LogP contribution in [0.15, 0.2) is 42.0 Å². The smallest absolute Gasteiger partial charge is 0.162 e. The fraction of sp³-hybridized carbons (Fsp3) is 0.308. The molecule has 0 atom stereocenters. The minimum atomic E-state index is 0.237. The van der Waals surface area contributed by atoms with Crippen molar-refractivity contribution in [1.29, 1.82) is 0 Å². The van der Waals surface area contributed by atoms with Gasteiger partial charge < -0.3 is 0 Å². The Hall–Kier alpha value is -1.37. The molecule has 0 fully saturated rings. The lowest BCUT2D eigenvalue weighted by Crippen LogP contribution is -2.05. The Morgan fingerprint density at radius 3 is 2.43 bits per heavy atom. The van der Waals surface area contributed by atoms with Gasteiger partial charge in [0.2, 0.25) is 0 Å². The van der Waals surface area contributed by atoms with Gasteiger partial charge in [0.1, 0.15) is 0 Å². The van der Waals surface area contributed by atoms with Crippen LogP contribution in [0.5, 0.6) is 0 Å². The van der Waals surface area contributed by atoms with Gasteiger partial charge in [0.25, 0.3) is 0 Å². The lowest BCUT2D eigenvalue weighted by Gasteiger charge is -2.02. The van der Waals surface area contributed by atoms with Crippen molar-refractivity contribution in [2.75, 3.05) is 0 Å². The maximum absolute atomic E-state index is 11.7. The second-order valence-corrected chi connectivity index (χ2v) is 3.25. The molecule has 0 radical (unpaired) electrons. The highest BCUT2D eigenvalue weighted by Gasteiger charge is 2.06. The molecular formula is C13H16O. The summed E-state index contributed by atoms with van der Waals surface area (Å²) in [6.45, 7) is 3.93. The van der Waals surface area contributed by atoms with Crippen molar-refractivity contribution >= 4 is 5.78 Å². The minimum absolute atomic E-state index is 0.237. The molecule has 14 heavy (non-hydrogen) atoms. The molecule has 0 spiro atoms. The zero-order chi connectivity index (χ0) is 10.4. The largest absolute Gasteiger partial charge is 0.294 e. The molecule has 0 aliphatic carbocycles. The van der Waals surface area contributed by atoms with E-state index in [1.165, 1.54) is 0 Å². The second kappa shape index (κ2) is 5.38. The lowest BCUT2D eigenvalue weighted by atomic mass is 10.0. The highest BCUT2D eigenvalue weighted by molar-refractivity contribution is 5.96. The number of rotatable bonds is 4. The monoisotopic (exact) mass is 188 g/mol. The molecule has 74 valence electrons. The Labute approximate surface area is 85.5 Å². The van der Waals surface area contributed by atoms with Crippen molar-refractivity contribution in [2.45, 2.75) is 26.7 Å². The third-order valence-corrected chi connectivity index (χ3v) is 2.30. The van der Waals surface area contributed by atoms with Crippen LogP contribution in [-0.4, -0.2) is 5.78 Å². The third-order valence-electron chi connectivity index (χ3n) is 2.30. The molecule has 1 rings (SSSR count). The van der Waals surface area contributed by atoms with E-state index >= 15 is 0 Å². The van der Waals surface area contributed by atoms with Gasteiger partial charge in [-0.3, -0.25) is 4.79 Å². The van der Waals surface area contributed by atoms with Crippen molar-refractivity contribution in [2.24, 2.45) is 0 Å². The van der Waals surface area contributed by atoms with Crippen molar-refractivity contribution in [3.63, 3.8) is 0 Å². The van der Waals surface area contributed by atoms with Crippen molar-refractivity contribution < 1.29 is 4.79 Å². The van der Waals surface area contributed by atoms with Crippen molar-refractivity contribution in [3.05, 3.63) is 47.5 Å². The number of allylic oxidation sites excluding steroid dienone is 2. The molecule has 1 nitrogen and oxygen atoms in total. The average Bonchev–Trinajstić information content (AvgIpc) is 2.21. The molecule has 0 aliphatic heterocycles. The number of Topliss-reactive ketones (excluding diaryl/α,β-unsaturated/α-hetero) is 1. The van der Waals surface area contributed by atoms with Crippen LogP contribution in [0.1, 0.15) is 25.8 Å². The van der Waals surface area contributed by atoms with E-state index in [4.69, 9.17) is 0 Å². The number of hydrogen-bond acceptors (Lipinski definition) is 1. The van der Waals surface area contributed by atoms with E-state index in [1.807, 2.05) is 50.3 Å². The zero-order valence-electron chi connectivity index (χ0n) is 8.79. The molecule has 0 saturated heterocycles. The Morgan fingerprint density at radius 2 is 1.93 bits per heavy atom. The fourth-order valence-electron chi connectivity index (χ4n) is 1.46. The number of ketones is 1. The summed E-state index contributed by atoms with van der Waals surface area (Å²) < 4.78 is 0. The van der Waals surface area contributed by atoms with Gasteiger partial charge in [0, 0.05) is 6.42 Å². The minimum Gasteiger partial charge on any atom is -0.294 e. The van der Waals surface area contributed by atoms with Gasteiger partial charge in [-0.2, -0.15) is 0 Å². The molecule has 0 aliphatic rings. The van der Waals surface area contributed by atoms with Crippen molar-refractivity contribution in [3.8, 4) is 0 Å². The van der Waals surface area contributed by atoms with E-state index in [1.54, 1.807) is 0 Å². The molecule has 0 heterocycles. The van der Waals surface area contributed by atoms with E-state index in [-0.39, 0.29) is 5.78 Å². The van der Waals surface area contributed by atoms with Crippen LogP contribution in [-0.2, 0) is 11.2 Å². The normalized spacial score (nSPS) is 11.4. The molecule has 1 heteroatoms. The summed E-state index contributed by atoms with van der Waals surface area (Å²) in [4.78, 5) is 11.7. The van der Waals surface area contributed by atoms with E-state index in [0.717, 1.165) is 17.6 Å². The lowest BCUT2D eigenvalue weighted by molar-refractivity contribution is -0.115. The Kier molecular flexibility index (Phi) is 4.11. The van der Waals surface area contributed by atoms with Crippen LogP contribution >= 0.6 is 0 Å². The molecule has 0 bridgehead atoms. The summed E-state index contributed by atoms with van der Waals surface area (Å²) in [5, 5.41) is 0. The molecular weight excluding hydrogens is 172 g/mol. The van der Waals surface area contributed by atoms with Gasteiger partial charge in [-0.25, -0.2) is 0 Å². The predicted octanol–water partition coefficient (Wildman–Crippen LogP) is 3.15. The summed E-state index contributed by atoms with van der Waals surface area (Å²) in [6, 6.07) is 9.86. The Bertz CT molecular complexity index is 322. The molecule has 0 amide bonds. The Morgan fingerprint density at radius 1 is 1.29 bits per heavy atom. The zero-order valence-corrected chi connectivity index (χ0v) is 8.79. The first-order valence-corrected chi connectivity index (χ1v) is 5.00. The molecule has 0 saturated carbocycles. The van der Waals surface area contributed by atoms with E-state index < -0.39 is 0 Å². The highest BCUT2D eigenvalue weighted by atomic mass is 16.1. The molecule has 0 unspecified atom stereocenters. The number of benzene rings is 1. The van der Waals surface area contributed by atoms with Crippen LogP contribution in [0.3, 0.4) is 0 Å². The summed E-state index contributed by atoms with van der Waals surface area (Å²) in [7, 11) is 0. The first-order valence-electron chi connectivity index (χ1n) is 5.00. The topological polar surface area (TPSA) is 17.1 Å². The first-order chi connectivity index (χ1) is 6.77. The number of carbonyl (C=O) groups is 1. The van der Waals surface area contributed by atoms with Gasteiger partial charge >= 0.3 is 0 Å². The Balaban J connectivity index is 2.66. The summed E-state index contributed by atoms with van der Waals surface area (Å²) >= 11 is 0. The van der Waals surface area contributed by atoms with Gasteiger partial charge in [0.15, 0.2) is 5.78 Å². The maximum atomic E-state index is 11.7. The van der Waals surface area contributed by atoms with Crippen molar-refractivity contribution in [1.82, 2.24) is 0 Å². The second-order valence-electron chi connectivity index (χ2n) is 3.25. The summed E-state index contributed by atoms with van der Waals surface area (Å²) in [6.07, 6.45) is 3.25. The number of carbonyl (C=O) groups excluding carboxylic acids is 1. The van der Waals surface area contributed by atoms with Gasteiger partial charge in [-0.15, -0.1) is 0 Å². The van der Waals surface area contributed by atoms with E-state index in [2.05, 4.69) is 0 Å². The SMILES string of the molecule is C/C=C(/CC)C(=O)Cc1ccccc1. The van der Waals surface area contributed by atoms with Crippen LogP contribution in [0.2, 0.25) is 0 Å². The van der Waals surface area contributed by atoms with Gasteiger partial charge in [-0.1, -0.05) is 43.3 Å². The molecule has 1 aromatic rings. The highest BCUT2D eigenvalue weighted by Crippen LogP contribution is 2.08. The van der Waals surface area contributed by atoms with Crippen LogP contribution in [0.25, 0.3) is 0 Å². The van der Waals surface area contributed by atoms with E-state index in [9.17, 15) is 4.79 Å². The maximum Gasteiger partial charge on any atom is 0.162 e. The van der Waals surface area contributed by atoms with Crippen LogP contribution < -0.4 is 0 Å². The fourth-order valence-corrected chi connectivity index (χ4v) is 1.46. The summed E-state index contributed by atoms with van der Waals surface area (Å²) in [5.41, 5.74) is 2.01. The standard InChI is InChI=1S/C13H16O/c1-3-12(4-2)13(14)10-11-8-6-5-7-9-11/h3,5-9H,4,10H2,1-2H3/b12-3-. The van der Waals surface area contributed by atoms with Crippen LogP contribution in [0.4, 0.5) is 0 Å². The number of hydrogen-bond donors (Lipinski definition) is 0. The molecule has 0 N–H and O–H groups in total. The summed E-state index contributed by atoms with van der Waals surface area (Å²) in [5.74, 6) is 0.237. The van der Waals surface area contributed by atoms with Gasteiger partial charge in [0.05, 0.1) is 0 Å². The quantitative estimate of drug-likeness (QED) is 0.663. The average molecular weight is 188 g/mol. The predicted molar refractivity (Wildman–Crippen MR) is 59.2 cm³/mol. The first kappa shape index (κ1) is 10.7. The van der Waals surface area contributed by atoms with E-state index in [0.29, 0.717) is 6.42 Å². The van der Waals surface area contributed by atoms with Crippen LogP contribution in [0, 0.1) is 0 Å². The molecule has 1 aromatic carbocycles.